The summed E-state index contributed by atoms with van der Waals surface area (Å²) in [5.74, 6) is 0. The minimum absolute atomic E-state index is 0.260. The van der Waals surface area contributed by atoms with Crippen LogP contribution in [0.4, 0.5) is 0 Å². The molecule has 0 unspecified atom stereocenters. The third-order valence-electron chi connectivity index (χ3n) is 1.44. The Labute approximate surface area is 66.8 Å². The molecule has 0 aromatic heterocycles. The van der Waals surface area contributed by atoms with Crippen LogP contribution in [0.15, 0.2) is 24.3 Å². The zero-order chi connectivity index (χ0) is 8.10. The highest BCUT2D eigenvalue weighted by molar-refractivity contribution is 5.14. The number of hydrogen-bond acceptors (Lipinski definition) is 2. The molecule has 0 heterocycles. The van der Waals surface area contributed by atoms with Crippen molar-refractivity contribution in [3.8, 4) is 0 Å². The molecular weight excluding hydrogens is 140 g/mol. The minimum atomic E-state index is -0.260. The van der Waals surface area contributed by atoms with Gasteiger partial charge in [0.15, 0.2) is 6.29 Å². The van der Waals surface area contributed by atoms with E-state index in [2.05, 4.69) is 6.07 Å². The summed E-state index contributed by atoms with van der Waals surface area (Å²) >= 11 is 0. The molecular formula is C9H11O2. The molecule has 0 N–H and O–H groups in total. The van der Waals surface area contributed by atoms with Gasteiger partial charge in [0.1, 0.15) is 0 Å². The number of ether oxygens (including phenoxy) is 2. The first kappa shape index (κ1) is 8.24. The maximum Gasteiger partial charge on any atom is 0.183 e. The molecule has 11 heavy (non-hydrogen) atoms. The van der Waals surface area contributed by atoms with Gasteiger partial charge in [-0.3, -0.25) is 0 Å². The Morgan fingerprint density at radius 1 is 1.18 bits per heavy atom. The van der Waals surface area contributed by atoms with E-state index in [1.807, 2.05) is 24.3 Å². The van der Waals surface area contributed by atoms with Gasteiger partial charge in [0, 0.05) is 19.8 Å². The van der Waals surface area contributed by atoms with Gasteiger partial charge < -0.3 is 9.47 Å². The summed E-state index contributed by atoms with van der Waals surface area (Å²) in [4.78, 5) is 0. The van der Waals surface area contributed by atoms with E-state index in [-0.39, 0.29) is 6.29 Å². The van der Waals surface area contributed by atoms with E-state index in [0.717, 1.165) is 5.56 Å². The summed E-state index contributed by atoms with van der Waals surface area (Å²) in [5.41, 5.74) is 1.01. The largest absolute Gasteiger partial charge is 0.352 e. The first-order valence-corrected chi connectivity index (χ1v) is 3.40. The summed E-state index contributed by atoms with van der Waals surface area (Å²) < 4.78 is 10.1. The Balaban J connectivity index is 2.74. The van der Waals surface area contributed by atoms with Gasteiger partial charge >= 0.3 is 0 Å². The number of methoxy groups -OCH3 is 2. The van der Waals surface area contributed by atoms with Crippen molar-refractivity contribution >= 4 is 0 Å². The number of rotatable bonds is 3. The van der Waals surface area contributed by atoms with Gasteiger partial charge in [0.05, 0.1) is 0 Å². The van der Waals surface area contributed by atoms with Crippen molar-refractivity contribution in [2.45, 2.75) is 6.29 Å². The summed E-state index contributed by atoms with van der Waals surface area (Å²) in [5, 5.41) is 0. The van der Waals surface area contributed by atoms with Gasteiger partial charge in [-0.15, -0.1) is 0 Å². The first-order chi connectivity index (χ1) is 5.38. The molecule has 0 spiro atoms. The van der Waals surface area contributed by atoms with E-state index >= 15 is 0 Å². The van der Waals surface area contributed by atoms with Crippen molar-refractivity contribution in [2.75, 3.05) is 14.2 Å². The summed E-state index contributed by atoms with van der Waals surface area (Å²) in [7, 11) is 3.23. The number of hydrogen-bond donors (Lipinski definition) is 0. The molecule has 1 aromatic carbocycles. The van der Waals surface area contributed by atoms with Gasteiger partial charge in [-0.2, -0.15) is 0 Å². The van der Waals surface area contributed by atoms with Crippen LogP contribution < -0.4 is 0 Å². The highest BCUT2D eigenvalue weighted by Gasteiger charge is 2.05. The lowest BCUT2D eigenvalue weighted by atomic mass is 10.2. The predicted molar refractivity (Wildman–Crippen MR) is 42.0 cm³/mol. The van der Waals surface area contributed by atoms with Crippen molar-refractivity contribution in [1.29, 1.82) is 0 Å². The monoisotopic (exact) mass is 151 g/mol. The molecule has 59 valence electrons. The normalized spacial score (nSPS) is 10.5. The molecule has 0 atom stereocenters. The molecule has 0 aliphatic carbocycles. The lowest BCUT2D eigenvalue weighted by Crippen LogP contribution is -2.02. The molecule has 1 rings (SSSR count). The molecule has 0 saturated heterocycles. The van der Waals surface area contributed by atoms with Crippen molar-refractivity contribution < 1.29 is 9.47 Å². The van der Waals surface area contributed by atoms with Crippen LogP contribution in [0.5, 0.6) is 0 Å². The predicted octanol–water partition coefficient (Wildman–Crippen LogP) is 1.78. The Kier molecular flexibility index (Phi) is 3.08. The lowest BCUT2D eigenvalue weighted by molar-refractivity contribution is -0.106. The van der Waals surface area contributed by atoms with Gasteiger partial charge in [-0.05, 0) is 6.07 Å². The summed E-state index contributed by atoms with van der Waals surface area (Å²) in [6.07, 6.45) is -0.260. The highest BCUT2D eigenvalue weighted by atomic mass is 16.7. The fourth-order valence-electron chi connectivity index (χ4n) is 0.925. The van der Waals surface area contributed by atoms with Gasteiger partial charge in [0.2, 0.25) is 0 Å². The minimum Gasteiger partial charge on any atom is -0.352 e. The van der Waals surface area contributed by atoms with Gasteiger partial charge in [0.25, 0.3) is 0 Å². The van der Waals surface area contributed by atoms with E-state index in [0.29, 0.717) is 0 Å². The third kappa shape index (κ3) is 2.03. The van der Waals surface area contributed by atoms with Crippen LogP contribution in [0.3, 0.4) is 0 Å². The topological polar surface area (TPSA) is 18.5 Å². The fraction of sp³-hybridized carbons (Fsp3) is 0.333. The maximum absolute atomic E-state index is 5.05. The molecule has 0 bridgehead atoms. The fourth-order valence-corrected chi connectivity index (χ4v) is 0.925. The van der Waals surface area contributed by atoms with Crippen LogP contribution in [0.25, 0.3) is 0 Å². The zero-order valence-corrected chi connectivity index (χ0v) is 6.70. The van der Waals surface area contributed by atoms with Crippen LogP contribution in [-0.2, 0) is 9.47 Å². The second-order valence-electron chi connectivity index (χ2n) is 2.14. The van der Waals surface area contributed by atoms with Gasteiger partial charge in [-0.25, -0.2) is 0 Å². The summed E-state index contributed by atoms with van der Waals surface area (Å²) in [6.45, 7) is 0. The van der Waals surface area contributed by atoms with E-state index in [4.69, 9.17) is 9.47 Å². The van der Waals surface area contributed by atoms with Crippen molar-refractivity contribution in [3.63, 3.8) is 0 Å². The molecule has 2 nitrogen and oxygen atoms in total. The van der Waals surface area contributed by atoms with Crippen molar-refractivity contribution in [2.24, 2.45) is 0 Å². The molecule has 0 aliphatic heterocycles. The van der Waals surface area contributed by atoms with E-state index in [9.17, 15) is 0 Å². The quantitative estimate of drug-likeness (QED) is 0.613. The van der Waals surface area contributed by atoms with Gasteiger partial charge in [-0.1, -0.05) is 24.3 Å². The average Bonchev–Trinajstić information content (AvgIpc) is 2.09. The van der Waals surface area contributed by atoms with Crippen molar-refractivity contribution in [3.05, 3.63) is 35.9 Å². The highest BCUT2D eigenvalue weighted by Crippen LogP contribution is 2.15. The molecule has 0 fully saturated rings. The Morgan fingerprint density at radius 2 is 1.73 bits per heavy atom. The molecule has 1 aromatic rings. The second-order valence-corrected chi connectivity index (χ2v) is 2.14. The summed E-state index contributed by atoms with van der Waals surface area (Å²) in [6, 6.07) is 10.4. The Hall–Kier alpha value is -0.860. The molecule has 0 aliphatic rings. The first-order valence-electron chi connectivity index (χ1n) is 3.40. The SMILES string of the molecule is COC(OC)c1cc[c]cc1. The van der Waals surface area contributed by atoms with Crippen molar-refractivity contribution in [1.82, 2.24) is 0 Å². The molecule has 1 radical (unpaired) electrons. The molecule has 0 saturated carbocycles. The zero-order valence-electron chi connectivity index (χ0n) is 6.70. The molecule has 0 amide bonds. The van der Waals surface area contributed by atoms with E-state index < -0.39 is 0 Å². The standard InChI is InChI=1S/C9H11O2/c1-10-9(11-2)8-6-4-3-5-7-8/h4-7,9H,1-2H3. The van der Waals surface area contributed by atoms with E-state index in [1.165, 1.54) is 0 Å². The average molecular weight is 151 g/mol. The van der Waals surface area contributed by atoms with Crippen LogP contribution in [0.2, 0.25) is 0 Å². The molecule has 2 heteroatoms. The third-order valence-corrected chi connectivity index (χ3v) is 1.44. The second kappa shape index (κ2) is 4.11. The van der Waals surface area contributed by atoms with Crippen LogP contribution in [-0.4, -0.2) is 14.2 Å². The smallest absolute Gasteiger partial charge is 0.183 e. The Bertz CT molecular complexity index is 192. The van der Waals surface area contributed by atoms with Crippen LogP contribution in [0.1, 0.15) is 11.9 Å². The van der Waals surface area contributed by atoms with Crippen LogP contribution >= 0.6 is 0 Å². The Morgan fingerprint density at radius 3 is 2.18 bits per heavy atom. The number of benzene rings is 1. The van der Waals surface area contributed by atoms with Crippen LogP contribution in [0, 0.1) is 6.07 Å². The maximum atomic E-state index is 5.05. The lowest BCUT2D eigenvalue weighted by Gasteiger charge is -2.12. The van der Waals surface area contributed by atoms with E-state index in [1.54, 1.807) is 14.2 Å².